The van der Waals surface area contributed by atoms with Gasteiger partial charge in [-0.1, -0.05) is 19.1 Å². The Morgan fingerprint density at radius 2 is 2.10 bits per heavy atom. The van der Waals surface area contributed by atoms with Gasteiger partial charge in [0.25, 0.3) is 5.91 Å². The molecule has 110 valence electrons. The number of para-hydroxylation sites is 1. The summed E-state index contributed by atoms with van der Waals surface area (Å²) in [5.74, 6) is -0.112. The smallest absolute Gasteiger partial charge is 0.266 e. The summed E-state index contributed by atoms with van der Waals surface area (Å²) in [6.45, 7) is 3.49. The number of nitriles is 1. The summed E-state index contributed by atoms with van der Waals surface area (Å²) >= 11 is 0. The summed E-state index contributed by atoms with van der Waals surface area (Å²) < 4.78 is 13.5. The minimum atomic E-state index is -0.426. The third-order valence-electron chi connectivity index (χ3n) is 3.67. The minimum Gasteiger partial charge on any atom is -0.358 e. The number of hydrogen-bond acceptors (Lipinski definition) is 3. The highest BCUT2D eigenvalue weighted by Crippen LogP contribution is 2.18. The number of rotatable bonds is 3. The molecular formula is C16H18FN3O. The molecule has 1 heterocycles. The Labute approximate surface area is 123 Å². The molecule has 1 fully saturated rings. The van der Waals surface area contributed by atoms with Gasteiger partial charge in [0.2, 0.25) is 0 Å². The number of anilines is 1. The Kier molecular flexibility index (Phi) is 4.94. The first-order valence-electron chi connectivity index (χ1n) is 7.02. The zero-order chi connectivity index (χ0) is 15.2. The number of carbonyl (C=O) groups is 1. The van der Waals surface area contributed by atoms with Crippen LogP contribution >= 0.6 is 0 Å². The first kappa shape index (κ1) is 15.0. The molecule has 0 saturated carbocycles. The Morgan fingerprint density at radius 1 is 1.43 bits per heavy atom. The van der Waals surface area contributed by atoms with Crippen LogP contribution in [0.2, 0.25) is 0 Å². The van der Waals surface area contributed by atoms with Crippen molar-refractivity contribution in [1.29, 1.82) is 5.26 Å². The van der Waals surface area contributed by atoms with Gasteiger partial charge in [0, 0.05) is 19.3 Å². The zero-order valence-corrected chi connectivity index (χ0v) is 12.0. The molecule has 1 aromatic carbocycles. The van der Waals surface area contributed by atoms with Crippen molar-refractivity contribution in [3.63, 3.8) is 0 Å². The molecule has 0 radical (unpaired) electrons. The van der Waals surface area contributed by atoms with Crippen molar-refractivity contribution in [3.05, 3.63) is 41.9 Å². The minimum absolute atomic E-state index is 0.00666. The van der Waals surface area contributed by atoms with Crippen molar-refractivity contribution in [2.75, 3.05) is 18.4 Å². The number of halogens is 1. The Bertz CT molecular complexity index is 583. The summed E-state index contributed by atoms with van der Waals surface area (Å²) in [6.07, 6.45) is 3.18. The van der Waals surface area contributed by atoms with Gasteiger partial charge in [0.05, 0.1) is 5.69 Å². The molecule has 0 unspecified atom stereocenters. The van der Waals surface area contributed by atoms with Crippen LogP contribution in [0, 0.1) is 23.1 Å². The van der Waals surface area contributed by atoms with E-state index in [1.807, 2.05) is 6.07 Å². The van der Waals surface area contributed by atoms with E-state index in [9.17, 15) is 9.18 Å². The second kappa shape index (κ2) is 6.89. The average molecular weight is 287 g/mol. The summed E-state index contributed by atoms with van der Waals surface area (Å²) in [5.41, 5.74) is 0.234. The molecule has 1 saturated heterocycles. The van der Waals surface area contributed by atoms with Crippen LogP contribution in [0.5, 0.6) is 0 Å². The van der Waals surface area contributed by atoms with E-state index in [4.69, 9.17) is 5.26 Å². The molecule has 1 N–H and O–H groups in total. The lowest BCUT2D eigenvalue weighted by Crippen LogP contribution is -2.38. The van der Waals surface area contributed by atoms with E-state index in [0.29, 0.717) is 19.0 Å². The summed E-state index contributed by atoms with van der Waals surface area (Å²) in [5, 5.41) is 11.8. The number of piperidine rings is 1. The molecule has 0 spiro atoms. The van der Waals surface area contributed by atoms with Crippen LogP contribution in [0.25, 0.3) is 0 Å². The lowest BCUT2D eigenvalue weighted by molar-refractivity contribution is -0.128. The molecule has 1 aliphatic heterocycles. The van der Waals surface area contributed by atoms with Gasteiger partial charge in [-0.15, -0.1) is 0 Å². The fourth-order valence-corrected chi connectivity index (χ4v) is 2.25. The molecule has 1 aliphatic rings. The average Bonchev–Trinajstić information content (AvgIpc) is 2.50. The van der Waals surface area contributed by atoms with Crippen molar-refractivity contribution in [2.45, 2.75) is 19.8 Å². The topological polar surface area (TPSA) is 56.1 Å². The molecule has 5 heteroatoms. The number of hydrogen-bond donors (Lipinski definition) is 1. The summed E-state index contributed by atoms with van der Waals surface area (Å²) in [7, 11) is 0. The third-order valence-corrected chi connectivity index (χ3v) is 3.67. The van der Waals surface area contributed by atoms with Crippen molar-refractivity contribution >= 4 is 11.6 Å². The second-order valence-electron chi connectivity index (χ2n) is 5.27. The van der Waals surface area contributed by atoms with Gasteiger partial charge in [-0.2, -0.15) is 5.26 Å². The Balaban J connectivity index is 2.05. The van der Waals surface area contributed by atoms with Gasteiger partial charge in [0.15, 0.2) is 0 Å². The highest BCUT2D eigenvalue weighted by Gasteiger charge is 2.22. The number of carbonyl (C=O) groups excluding carboxylic acids is 1. The van der Waals surface area contributed by atoms with E-state index in [1.165, 1.54) is 12.3 Å². The third kappa shape index (κ3) is 3.82. The van der Waals surface area contributed by atoms with E-state index in [0.717, 1.165) is 12.8 Å². The normalized spacial score (nSPS) is 16.4. The number of likely N-dealkylation sites (tertiary alicyclic amines) is 1. The fourth-order valence-electron chi connectivity index (χ4n) is 2.25. The molecule has 21 heavy (non-hydrogen) atoms. The lowest BCUT2D eigenvalue weighted by Gasteiger charge is -2.30. The van der Waals surface area contributed by atoms with E-state index >= 15 is 0 Å². The van der Waals surface area contributed by atoms with Crippen LogP contribution in [-0.4, -0.2) is 23.9 Å². The van der Waals surface area contributed by atoms with E-state index < -0.39 is 5.82 Å². The number of nitrogens with one attached hydrogen (secondary N) is 1. The zero-order valence-electron chi connectivity index (χ0n) is 12.0. The standard InChI is InChI=1S/C16H18FN3O/c1-12-6-8-20(9-7-12)16(21)13(10-18)11-19-15-5-3-2-4-14(15)17/h2-5,11-12,19H,6-9H2,1H3/b13-11-. The first-order chi connectivity index (χ1) is 10.1. The number of amides is 1. The van der Waals surface area contributed by atoms with Crippen molar-refractivity contribution in [3.8, 4) is 6.07 Å². The lowest BCUT2D eigenvalue weighted by atomic mass is 9.99. The predicted octanol–water partition coefficient (Wildman–Crippen LogP) is 2.90. The SMILES string of the molecule is CC1CCN(C(=O)/C(C#N)=C\Nc2ccccc2F)CC1. The van der Waals surface area contributed by atoms with Gasteiger partial charge in [-0.05, 0) is 30.9 Å². The monoisotopic (exact) mass is 287 g/mol. The second-order valence-corrected chi connectivity index (χ2v) is 5.27. The number of nitrogens with zero attached hydrogens (tertiary/aromatic N) is 2. The molecule has 0 atom stereocenters. The summed E-state index contributed by atoms with van der Waals surface area (Å²) in [4.78, 5) is 13.9. The maximum atomic E-state index is 13.5. The summed E-state index contributed by atoms with van der Waals surface area (Å²) in [6, 6.07) is 8.01. The van der Waals surface area contributed by atoms with E-state index in [1.54, 1.807) is 23.1 Å². The highest BCUT2D eigenvalue weighted by molar-refractivity contribution is 5.97. The Hall–Kier alpha value is -2.35. The first-order valence-corrected chi connectivity index (χ1v) is 7.02. The van der Waals surface area contributed by atoms with Crippen LogP contribution in [-0.2, 0) is 4.79 Å². The predicted molar refractivity (Wildman–Crippen MR) is 78.7 cm³/mol. The van der Waals surface area contributed by atoms with Crippen molar-refractivity contribution < 1.29 is 9.18 Å². The molecule has 4 nitrogen and oxygen atoms in total. The molecule has 0 aliphatic carbocycles. The van der Waals surface area contributed by atoms with Crippen LogP contribution in [0.1, 0.15) is 19.8 Å². The maximum absolute atomic E-state index is 13.5. The largest absolute Gasteiger partial charge is 0.358 e. The van der Waals surface area contributed by atoms with Crippen molar-refractivity contribution in [1.82, 2.24) is 4.90 Å². The molecular weight excluding hydrogens is 269 g/mol. The molecule has 1 amide bonds. The van der Waals surface area contributed by atoms with Crippen molar-refractivity contribution in [2.24, 2.45) is 5.92 Å². The van der Waals surface area contributed by atoms with Crippen LogP contribution in [0.3, 0.4) is 0 Å². The quantitative estimate of drug-likeness (QED) is 0.687. The molecule has 2 rings (SSSR count). The van der Waals surface area contributed by atoms with Gasteiger partial charge in [-0.3, -0.25) is 4.79 Å². The van der Waals surface area contributed by atoms with Gasteiger partial charge in [-0.25, -0.2) is 4.39 Å². The van der Waals surface area contributed by atoms with Gasteiger partial charge in [0.1, 0.15) is 17.5 Å². The maximum Gasteiger partial charge on any atom is 0.266 e. The van der Waals surface area contributed by atoms with Crippen LogP contribution in [0.15, 0.2) is 36.0 Å². The van der Waals surface area contributed by atoms with Crippen LogP contribution in [0.4, 0.5) is 10.1 Å². The number of benzene rings is 1. The van der Waals surface area contributed by atoms with Crippen LogP contribution < -0.4 is 5.32 Å². The molecule has 0 aromatic heterocycles. The molecule has 1 aromatic rings. The van der Waals surface area contributed by atoms with E-state index in [-0.39, 0.29) is 17.2 Å². The fraction of sp³-hybridized carbons (Fsp3) is 0.375. The molecule has 0 bridgehead atoms. The highest BCUT2D eigenvalue weighted by atomic mass is 19.1. The Morgan fingerprint density at radius 3 is 2.71 bits per heavy atom. The van der Waals surface area contributed by atoms with Gasteiger partial charge < -0.3 is 10.2 Å². The van der Waals surface area contributed by atoms with Gasteiger partial charge >= 0.3 is 0 Å². The van der Waals surface area contributed by atoms with E-state index in [2.05, 4.69) is 12.2 Å².